The summed E-state index contributed by atoms with van der Waals surface area (Å²) >= 11 is 0. The van der Waals surface area contributed by atoms with E-state index in [4.69, 9.17) is 21.1 Å². The number of nitrogens with two attached hydrogens (primary N) is 2. The maximum absolute atomic E-state index is 11.6. The van der Waals surface area contributed by atoms with E-state index in [1.807, 2.05) is 6.92 Å². The van der Waals surface area contributed by atoms with Crippen LogP contribution in [0.1, 0.15) is 41.8 Å². The molecule has 7 nitrogen and oxygen atoms in total. The molecule has 2 aromatic rings. The average Bonchev–Trinajstić information content (AvgIpc) is 2.67. The number of benzene rings is 2. The van der Waals surface area contributed by atoms with Gasteiger partial charge in [0.05, 0.1) is 5.56 Å². The Morgan fingerprint density at radius 3 is 2.37 bits per heavy atom. The lowest BCUT2D eigenvalue weighted by Gasteiger charge is -2.15. The number of aromatic hydroxyl groups is 1. The second kappa shape index (κ2) is 9.47. The second-order valence-electron chi connectivity index (χ2n) is 5.98. The Kier molecular flexibility index (Phi) is 7.05. The van der Waals surface area contributed by atoms with Gasteiger partial charge in [-0.2, -0.15) is 5.10 Å². The molecule has 0 saturated heterocycles. The van der Waals surface area contributed by atoms with E-state index in [0.717, 1.165) is 6.42 Å². The van der Waals surface area contributed by atoms with Gasteiger partial charge in [-0.25, -0.2) is 0 Å². The zero-order valence-corrected chi connectivity index (χ0v) is 15.6. The van der Waals surface area contributed by atoms with Crippen LogP contribution in [0.5, 0.6) is 17.2 Å². The van der Waals surface area contributed by atoms with Crippen LogP contribution in [0.4, 0.5) is 0 Å². The van der Waals surface area contributed by atoms with E-state index in [1.165, 1.54) is 6.92 Å². The van der Waals surface area contributed by atoms with Crippen molar-refractivity contribution >= 4 is 11.6 Å². The third-order valence-corrected chi connectivity index (χ3v) is 4.02. The second-order valence-corrected chi connectivity index (χ2v) is 5.98. The summed E-state index contributed by atoms with van der Waals surface area (Å²) in [4.78, 5) is 11.6. The van der Waals surface area contributed by atoms with Gasteiger partial charge in [0.15, 0.2) is 5.78 Å². The quantitative estimate of drug-likeness (QED) is 0.156. The molecule has 0 saturated carbocycles. The highest BCUT2D eigenvalue weighted by molar-refractivity contribution is 5.97. The van der Waals surface area contributed by atoms with E-state index in [1.54, 1.807) is 36.4 Å². The minimum atomic E-state index is -0.177. The minimum absolute atomic E-state index is 0.00230. The first-order chi connectivity index (χ1) is 13.0. The topological polar surface area (TPSA) is 120 Å². The van der Waals surface area contributed by atoms with Crippen LogP contribution in [0.3, 0.4) is 0 Å². The Morgan fingerprint density at radius 1 is 1.11 bits per heavy atom. The first-order valence-corrected chi connectivity index (χ1v) is 8.73. The Bertz CT molecular complexity index is 817. The zero-order valence-electron chi connectivity index (χ0n) is 15.6. The summed E-state index contributed by atoms with van der Waals surface area (Å²) in [6.07, 6.45) is 1.44. The molecule has 0 aliphatic carbocycles. The molecule has 144 valence electrons. The number of hydrogen-bond acceptors (Lipinski definition) is 6. The van der Waals surface area contributed by atoms with E-state index < -0.39 is 0 Å². The van der Waals surface area contributed by atoms with Gasteiger partial charge >= 0.3 is 0 Å². The molecule has 2 rings (SSSR count). The van der Waals surface area contributed by atoms with Crippen molar-refractivity contribution in [1.82, 2.24) is 0 Å². The van der Waals surface area contributed by atoms with Crippen molar-refractivity contribution in [3.05, 3.63) is 53.1 Å². The van der Waals surface area contributed by atoms with E-state index in [-0.39, 0.29) is 17.4 Å². The predicted octanol–water partition coefficient (Wildman–Crippen LogP) is 2.58. The van der Waals surface area contributed by atoms with Gasteiger partial charge in [-0.1, -0.05) is 13.3 Å². The van der Waals surface area contributed by atoms with Crippen LogP contribution in [0.25, 0.3) is 0 Å². The van der Waals surface area contributed by atoms with Crippen LogP contribution < -0.4 is 21.1 Å². The van der Waals surface area contributed by atoms with E-state index in [0.29, 0.717) is 47.8 Å². The zero-order chi connectivity index (χ0) is 19.8. The fourth-order valence-corrected chi connectivity index (χ4v) is 2.64. The van der Waals surface area contributed by atoms with Gasteiger partial charge in [-0.15, -0.1) is 0 Å². The van der Waals surface area contributed by atoms with Crippen molar-refractivity contribution in [2.45, 2.75) is 26.7 Å². The molecule has 0 aliphatic heterocycles. The van der Waals surface area contributed by atoms with Crippen LogP contribution >= 0.6 is 0 Å². The maximum atomic E-state index is 11.6. The fourth-order valence-electron chi connectivity index (χ4n) is 2.64. The molecule has 7 heteroatoms. The number of phenols is 1. The lowest BCUT2D eigenvalue weighted by molar-refractivity contribution is 0.101. The number of amidine groups is 1. The van der Waals surface area contributed by atoms with Gasteiger partial charge < -0.3 is 26.2 Å². The highest BCUT2D eigenvalue weighted by atomic mass is 16.5. The summed E-state index contributed by atoms with van der Waals surface area (Å²) in [6.45, 7) is 4.04. The first kappa shape index (κ1) is 20.1. The normalized spacial score (nSPS) is 11.3. The maximum Gasteiger partial charge on any atom is 0.163 e. The number of nitrogens with zero attached hydrogens (tertiary/aromatic N) is 1. The molecule has 27 heavy (non-hydrogen) atoms. The van der Waals surface area contributed by atoms with Gasteiger partial charge in [-0.05, 0) is 49.7 Å². The molecule has 0 amide bonds. The third kappa shape index (κ3) is 5.13. The third-order valence-electron chi connectivity index (χ3n) is 4.02. The number of Topliss-reactive ketones (excluding diaryl/α,β-unsaturated/α-hetero) is 1. The molecule has 0 fully saturated rings. The lowest BCUT2D eigenvalue weighted by atomic mass is 10.0. The minimum Gasteiger partial charge on any atom is -0.507 e. The molecular formula is C20H25N3O4. The molecule has 0 radical (unpaired) electrons. The Morgan fingerprint density at radius 2 is 1.78 bits per heavy atom. The summed E-state index contributed by atoms with van der Waals surface area (Å²) in [6, 6.07) is 10.4. The smallest absolute Gasteiger partial charge is 0.163 e. The Hall–Kier alpha value is -3.22. The van der Waals surface area contributed by atoms with Crippen LogP contribution in [-0.2, 0) is 6.42 Å². The first-order valence-electron chi connectivity index (χ1n) is 8.73. The summed E-state index contributed by atoms with van der Waals surface area (Å²) in [5.74, 6) is 6.44. The number of carbonyl (C=O) groups excluding carboxylic acids is 1. The van der Waals surface area contributed by atoms with Crippen molar-refractivity contribution in [1.29, 1.82) is 0 Å². The van der Waals surface area contributed by atoms with E-state index >= 15 is 0 Å². The summed E-state index contributed by atoms with van der Waals surface area (Å²) in [7, 11) is 0. The number of hydrazone groups is 1. The van der Waals surface area contributed by atoms with E-state index in [2.05, 4.69) is 5.10 Å². The average molecular weight is 371 g/mol. The van der Waals surface area contributed by atoms with Crippen molar-refractivity contribution in [2.24, 2.45) is 16.7 Å². The summed E-state index contributed by atoms with van der Waals surface area (Å²) in [5.41, 5.74) is 7.30. The van der Waals surface area contributed by atoms with Gasteiger partial charge in [0, 0.05) is 11.1 Å². The lowest BCUT2D eigenvalue weighted by Crippen LogP contribution is -2.15. The number of phenolic OH excluding ortho intramolecular Hbond substituents is 1. The molecular weight excluding hydrogens is 346 g/mol. The van der Waals surface area contributed by atoms with Gasteiger partial charge in [-0.3, -0.25) is 4.79 Å². The van der Waals surface area contributed by atoms with Crippen LogP contribution in [0, 0.1) is 0 Å². The SMILES string of the molecule is CCCc1c(OCCOc2ccc(/C(N)=N/N)cc2)ccc(C(C)=O)c1O. The number of carbonyl (C=O) groups is 1. The molecule has 0 aromatic heterocycles. The molecule has 2 aromatic carbocycles. The van der Waals surface area contributed by atoms with Gasteiger partial charge in [0.25, 0.3) is 0 Å². The summed E-state index contributed by atoms with van der Waals surface area (Å²) < 4.78 is 11.4. The molecule has 5 N–H and O–H groups in total. The van der Waals surface area contributed by atoms with Crippen LogP contribution in [-0.4, -0.2) is 29.9 Å². The largest absolute Gasteiger partial charge is 0.507 e. The number of hydrogen-bond donors (Lipinski definition) is 3. The molecule has 0 atom stereocenters. The monoisotopic (exact) mass is 371 g/mol. The van der Waals surface area contributed by atoms with Crippen molar-refractivity contribution < 1.29 is 19.4 Å². The summed E-state index contributed by atoms with van der Waals surface area (Å²) in [5, 5.41) is 13.8. The molecule has 0 spiro atoms. The highest BCUT2D eigenvalue weighted by Gasteiger charge is 2.15. The Labute approximate surface area is 158 Å². The Balaban J connectivity index is 1.97. The highest BCUT2D eigenvalue weighted by Crippen LogP contribution is 2.33. The number of ketones is 1. The molecule has 0 unspecified atom stereocenters. The van der Waals surface area contributed by atoms with Crippen LogP contribution in [0.15, 0.2) is 41.5 Å². The van der Waals surface area contributed by atoms with Crippen molar-refractivity contribution in [3.8, 4) is 17.2 Å². The standard InChI is InChI=1S/C20H25N3O4/c1-3-4-17-18(10-9-16(13(2)24)19(17)25)27-12-11-26-15-7-5-14(6-8-15)20(21)23-22/h5-10,25H,3-4,11-12,22H2,1-2H3,(H2,21,23). The van der Waals surface area contributed by atoms with E-state index in [9.17, 15) is 9.90 Å². The van der Waals surface area contributed by atoms with Crippen LogP contribution in [0.2, 0.25) is 0 Å². The molecule has 0 heterocycles. The molecule has 0 aliphatic rings. The molecule has 0 bridgehead atoms. The number of ether oxygens (including phenoxy) is 2. The van der Waals surface area contributed by atoms with Gasteiger partial charge in [0.1, 0.15) is 36.3 Å². The van der Waals surface area contributed by atoms with Crippen molar-refractivity contribution in [3.63, 3.8) is 0 Å². The number of rotatable bonds is 9. The predicted molar refractivity (Wildman–Crippen MR) is 104 cm³/mol. The van der Waals surface area contributed by atoms with Gasteiger partial charge in [0.2, 0.25) is 0 Å². The fraction of sp³-hybridized carbons (Fsp3) is 0.300. The van der Waals surface area contributed by atoms with Crippen molar-refractivity contribution in [2.75, 3.05) is 13.2 Å².